The first-order valence-corrected chi connectivity index (χ1v) is 6.03. The van der Waals surface area contributed by atoms with E-state index in [0.29, 0.717) is 0 Å². The number of rotatable bonds is 8. The van der Waals surface area contributed by atoms with Crippen molar-refractivity contribution in [3.05, 3.63) is 30.1 Å². The highest BCUT2D eigenvalue weighted by molar-refractivity contribution is 5.85. The third-order valence-electron chi connectivity index (χ3n) is 2.51. The summed E-state index contributed by atoms with van der Waals surface area (Å²) in [5.41, 5.74) is 1.27. The highest BCUT2D eigenvalue weighted by Crippen LogP contribution is 2.01. The summed E-state index contributed by atoms with van der Waals surface area (Å²) in [6.07, 6.45) is 10.5. The lowest BCUT2D eigenvalue weighted by Gasteiger charge is -2.04. The zero-order chi connectivity index (χ0) is 10.8. The van der Waals surface area contributed by atoms with Crippen molar-refractivity contribution in [3.63, 3.8) is 0 Å². The molecule has 0 radical (unpaired) electrons. The number of unbranched alkanes of at least 4 members (excludes halogenated alkanes) is 4. The summed E-state index contributed by atoms with van der Waals surface area (Å²) in [4.78, 5) is 4.08. The molecule has 0 spiro atoms. The minimum Gasteiger partial charge on any atom is -0.313 e. The maximum atomic E-state index is 4.08. The first-order valence-electron chi connectivity index (χ1n) is 6.03. The first-order chi connectivity index (χ1) is 7.43. The van der Waals surface area contributed by atoms with Gasteiger partial charge in [0.2, 0.25) is 0 Å². The van der Waals surface area contributed by atoms with Crippen LogP contribution >= 0.6 is 12.4 Å². The number of nitrogens with one attached hydrogen (secondary N) is 1. The molecule has 0 aromatic carbocycles. The number of hydrogen-bond acceptors (Lipinski definition) is 2. The second kappa shape index (κ2) is 10.9. The number of halogens is 1. The lowest BCUT2D eigenvalue weighted by Crippen LogP contribution is -2.14. The second-order valence-corrected chi connectivity index (χ2v) is 3.95. The summed E-state index contributed by atoms with van der Waals surface area (Å²) in [7, 11) is 0. The van der Waals surface area contributed by atoms with Crippen LogP contribution in [0.1, 0.15) is 44.6 Å². The second-order valence-electron chi connectivity index (χ2n) is 3.95. The number of aromatic nitrogens is 1. The Morgan fingerprint density at radius 3 is 2.69 bits per heavy atom. The van der Waals surface area contributed by atoms with E-state index in [0.717, 1.165) is 13.1 Å². The molecule has 0 unspecified atom stereocenters. The lowest BCUT2D eigenvalue weighted by atomic mass is 10.1. The number of nitrogens with zero attached hydrogens (tertiary/aromatic N) is 1. The molecule has 16 heavy (non-hydrogen) atoms. The fraction of sp³-hybridized carbons (Fsp3) is 0.615. The van der Waals surface area contributed by atoms with Gasteiger partial charge in [0.1, 0.15) is 0 Å². The Morgan fingerprint density at radius 1 is 1.19 bits per heavy atom. The Morgan fingerprint density at radius 2 is 2.00 bits per heavy atom. The van der Waals surface area contributed by atoms with Crippen LogP contribution in [0.4, 0.5) is 0 Å². The van der Waals surface area contributed by atoms with Crippen LogP contribution in [0.3, 0.4) is 0 Å². The van der Waals surface area contributed by atoms with E-state index in [1.807, 2.05) is 18.5 Å². The summed E-state index contributed by atoms with van der Waals surface area (Å²) >= 11 is 0. The minimum absolute atomic E-state index is 0. The fourth-order valence-corrected chi connectivity index (χ4v) is 1.59. The van der Waals surface area contributed by atoms with Gasteiger partial charge < -0.3 is 5.32 Å². The van der Waals surface area contributed by atoms with Crippen LogP contribution < -0.4 is 5.32 Å². The third kappa shape index (κ3) is 7.66. The van der Waals surface area contributed by atoms with E-state index in [2.05, 4.69) is 23.3 Å². The maximum absolute atomic E-state index is 4.08. The molecule has 0 bridgehead atoms. The van der Waals surface area contributed by atoms with E-state index in [9.17, 15) is 0 Å². The van der Waals surface area contributed by atoms with Crippen molar-refractivity contribution in [3.8, 4) is 0 Å². The van der Waals surface area contributed by atoms with Crippen LogP contribution in [-0.2, 0) is 6.54 Å². The minimum atomic E-state index is 0. The Balaban J connectivity index is 0.00000225. The highest BCUT2D eigenvalue weighted by atomic mass is 35.5. The van der Waals surface area contributed by atoms with Crippen molar-refractivity contribution < 1.29 is 0 Å². The molecular formula is C13H23ClN2. The van der Waals surface area contributed by atoms with E-state index in [1.54, 1.807) is 0 Å². The van der Waals surface area contributed by atoms with E-state index in [-0.39, 0.29) is 12.4 Å². The maximum Gasteiger partial charge on any atom is 0.0312 e. The molecule has 0 aliphatic carbocycles. The van der Waals surface area contributed by atoms with Crippen LogP contribution in [-0.4, -0.2) is 11.5 Å². The van der Waals surface area contributed by atoms with E-state index in [1.165, 1.54) is 37.7 Å². The van der Waals surface area contributed by atoms with Crippen molar-refractivity contribution in [1.82, 2.24) is 10.3 Å². The topological polar surface area (TPSA) is 24.9 Å². The van der Waals surface area contributed by atoms with Crippen molar-refractivity contribution >= 4 is 12.4 Å². The summed E-state index contributed by atoms with van der Waals surface area (Å²) in [6.45, 7) is 4.32. The lowest BCUT2D eigenvalue weighted by molar-refractivity contribution is 0.583. The smallest absolute Gasteiger partial charge is 0.0312 e. The molecule has 0 saturated heterocycles. The van der Waals surface area contributed by atoms with Gasteiger partial charge >= 0.3 is 0 Å². The molecular weight excluding hydrogens is 220 g/mol. The molecule has 0 saturated carbocycles. The molecule has 0 aliphatic rings. The monoisotopic (exact) mass is 242 g/mol. The molecule has 1 N–H and O–H groups in total. The summed E-state index contributed by atoms with van der Waals surface area (Å²) in [5.74, 6) is 0. The molecule has 1 rings (SSSR count). The standard InChI is InChI=1S/C13H22N2.ClH/c1-2-3-4-5-6-9-14-11-13-8-7-10-15-12-13;/h7-8,10,12,14H,2-6,9,11H2,1H3;1H. The van der Waals surface area contributed by atoms with E-state index >= 15 is 0 Å². The molecule has 1 aromatic rings. The fourth-order valence-electron chi connectivity index (χ4n) is 1.59. The van der Waals surface area contributed by atoms with Gasteiger partial charge in [-0.2, -0.15) is 0 Å². The van der Waals surface area contributed by atoms with E-state index < -0.39 is 0 Å². The van der Waals surface area contributed by atoms with Gasteiger partial charge in [0, 0.05) is 18.9 Å². The largest absolute Gasteiger partial charge is 0.313 e. The predicted octanol–water partition coefficient (Wildman–Crippen LogP) is 3.56. The zero-order valence-corrected chi connectivity index (χ0v) is 10.9. The highest BCUT2D eigenvalue weighted by Gasteiger charge is 1.91. The summed E-state index contributed by atoms with van der Waals surface area (Å²) in [6, 6.07) is 4.09. The van der Waals surface area contributed by atoms with Crippen molar-refractivity contribution in [2.45, 2.75) is 45.6 Å². The Labute approximate surface area is 105 Å². The van der Waals surface area contributed by atoms with Crippen LogP contribution in [0.15, 0.2) is 24.5 Å². The quantitative estimate of drug-likeness (QED) is 0.705. The summed E-state index contributed by atoms with van der Waals surface area (Å²) in [5, 5.41) is 3.44. The average molecular weight is 243 g/mol. The van der Waals surface area contributed by atoms with Gasteiger partial charge in [0.05, 0.1) is 0 Å². The average Bonchev–Trinajstić information content (AvgIpc) is 2.29. The molecule has 0 aliphatic heterocycles. The Kier molecular flexibility index (Phi) is 10.5. The molecule has 0 amide bonds. The molecule has 92 valence electrons. The van der Waals surface area contributed by atoms with Crippen LogP contribution in [0.25, 0.3) is 0 Å². The van der Waals surface area contributed by atoms with Gasteiger partial charge in [-0.05, 0) is 24.6 Å². The van der Waals surface area contributed by atoms with Gasteiger partial charge in [-0.1, -0.05) is 38.7 Å². The van der Waals surface area contributed by atoms with Crippen LogP contribution in [0.5, 0.6) is 0 Å². The van der Waals surface area contributed by atoms with Gasteiger partial charge in [-0.25, -0.2) is 0 Å². The molecule has 0 fully saturated rings. The van der Waals surface area contributed by atoms with E-state index in [4.69, 9.17) is 0 Å². The van der Waals surface area contributed by atoms with Gasteiger partial charge in [0.25, 0.3) is 0 Å². The zero-order valence-electron chi connectivity index (χ0n) is 10.1. The SMILES string of the molecule is CCCCCCCNCc1cccnc1.Cl. The molecule has 3 heteroatoms. The number of pyridine rings is 1. The Bertz CT molecular complexity index is 239. The van der Waals surface area contributed by atoms with Gasteiger partial charge in [-0.3, -0.25) is 4.98 Å². The van der Waals surface area contributed by atoms with Crippen LogP contribution in [0, 0.1) is 0 Å². The van der Waals surface area contributed by atoms with Gasteiger partial charge in [0.15, 0.2) is 0 Å². The first kappa shape index (κ1) is 15.4. The molecule has 1 aromatic heterocycles. The molecule has 1 heterocycles. The van der Waals surface area contributed by atoms with Crippen molar-refractivity contribution in [2.24, 2.45) is 0 Å². The third-order valence-corrected chi connectivity index (χ3v) is 2.51. The normalized spacial score (nSPS) is 9.81. The Hall–Kier alpha value is -0.600. The van der Waals surface area contributed by atoms with Crippen molar-refractivity contribution in [2.75, 3.05) is 6.54 Å². The number of hydrogen-bond donors (Lipinski definition) is 1. The van der Waals surface area contributed by atoms with Crippen LogP contribution in [0.2, 0.25) is 0 Å². The van der Waals surface area contributed by atoms with Gasteiger partial charge in [-0.15, -0.1) is 12.4 Å². The summed E-state index contributed by atoms with van der Waals surface area (Å²) < 4.78 is 0. The predicted molar refractivity (Wildman–Crippen MR) is 72.0 cm³/mol. The van der Waals surface area contributed by atoms with Crippen molar-refractivity contribution in [1.29, 1.82) is 0 Å². The molecule has 0 atom stereocenters. The molecule has 2 nitrogen and oxygen atoms in total.